The van der Waals surface area contributed by atoms with Gasteiger partial charge in [0, 0.05) is 11.1 Å². The fourth-order valence-electron chi connectivity index (χ4n) is 3.88. The Labute approximate surface area is 229 Å². The zero-order valence-electron chi connectivity index (χ0n) is 20.7. The molecule has 0 spiro atoms. The quantitative estimate of drug-likeness (QED) is 0.344. The monoisotopic (exact) mass is 562 g/mol. The van der Waals surface area contributed by atoms with E-state index in [-0.39, 0.29) is 15.4 Å². The fourth-order valence-corrected chi connectivity index (χ4v) is 4.81. The first-order valence-electron chi connectivity index (χ1n) is 11.7. The predicted molar refractivity (Wildman–Crippen MR) is 147 cm³/mol. The number of hydrogen-bond donors (Lipinski definition) is 2. The Morgan fingerprint density at radius 3 is 2.17 bits per heavy atom. The van der Waals surface area contributed by atoms with Gasteiger partial charge in [-0.2, -0.15) is 8.42 Å². The molecule has 1 unspecified atom stereocenters. The summed E-state index contributed by atoms with van der Waals surface area (Å²) in [6, 6.07) is 26.8. The van der Waals surface area contributed by atoms with Gasteiger partial charge in [-0.15, -0.1) is 9.35 Å². The normalized spacial score (nSPS) is 14.5. The number of anilines is 2. The molecule has 1 atom stereocenters. The number of amides is 3. The van der Waals surface area contributed by atoms with E-state index >= 15 is 0 Å². The summed E-state index contributed by atoms with van der Waals surface area (Å²) in [5, 5.41) is 5.35. The van der Waals surface area contributed by atoms with E-state index in [1.807, 2.05) is 6.07 Å². The summed E-state index contributed by atoms with van der Waals surface area (Å²) in [5.41, 5.74) is 1.68. The predicted octanol–water partition coefficient (Wildman–Crippen LogP) is 3.65. The molecule has 1 aliphatic heterocycles. The largest absolute Gasteiger partial charge is 0.412 e. The minimum Gasteiger partial charge on any atom is -0.412 e. The lowest BCUT2D eigenvalue weighted by molar-refractivity contribution is -0.117. The van der Waals surface area contributed by atoms with Crippen LogP contribution in [-0.4, -0.2) is 37.7 Å². The number of carbonyl (C=O) groups is 2. The standard InChI is InChI=1S/C28H21FN4O5S.H2O/c29-22-16-8-10-18-24(22)33(38-39(36,37)20-13-5-2-6-14-20)28(35)32-26-27(34)30-23-17-9-7-15-21(23)25(31-26)19-11-3-1-4-12-19;/h1-18,26H,(H,30,34)(H,32,35);1H2. The Hall–Kier alpha value is -4.91. The first-order valence-corrected chi connectivity index (χ1v) is 13.1. The first-order chi connectivity index (χ1) is 18.8. The lowest BCUT2D eigenvalue weighted by atomic mass is 10.0. The third-order valence-corrected chi connectivity index (χ3v) is 6.91. The van der Waals surface area contributed by atoms with Gasteiger partial charge in [0.05, 0.1) is 16.3 Å². The van der Waals surface area contributed by atoms with E-state index in [1.165, 1.54) is 36.4 Å². The van der Waals surface area contributed by atoms with Gasteiger partial charge in [-0.3, -0.25) is 4.79 Å². The number of nitrogens with one attached hydrogen (secondary N) is 2. The number of hydroxylamine groups is 1. The van der Waals surface area contributed by atoms with E-state index < -0.39 is 39.7 Å². The van der Waals surface area contributed by atoms with Gasteiger partial charge in [-0.25, -0.2) is 14.2 Å². The molecule has 0 fully saturated rings. The molecule has 0 saturated heterocycles. The highest BCUT2D eigenvalue weighted by atomic mass is 32.2. The Bertz CT molecular complexity index is 1670. The fraction of sp³-hybridized carbons (Fsp3) is 0.0357. The third-order valence-electron chi connectivity index (χ3n) is 5.71. The van der Waals surface area contributed by atoms with Crippen LogP contribution in [0, 0.1) is 5.82 Å². The average molecular weight is 563 g/mol. The van der Waals surface area contributed by atoms with Crippen LogP contribution in [-0.2, 0) is 19.2 Å². The molecule has 0 radical (unpaired) electrons. The molecule has 1 aliphatic rings. The molecule has 0 aromatic heterocycles. The summed E-state index contributed by atoms with van der Waals surface area (Å²) >= 11 is 0. The minimum absolute atomic E-state index is 0. The van der Waals surface area contributed by atoms with Gasteiger partial charge in [-0.05, 0) is 30.3 Å². The third kappa shape index (κ3) is 5.89. The topological polar surface area (TPSA) is 149 Å². The van der Waals surface area contributed by atoms with Gasteiger partial charge in [-0.1, -0.05) is 78.9 Å². The number of hydrogen-bond acceptors (Lipinski definition) is 6. The summed E-state index contributed by atoms with van der Waals surface area (Å²) in [5.74, 6) is -1.62. The number of carbonyl (C=O) groups excluding carboxylic acids is 2. The van der Waals surface area contributed by atoms with Gasteiger partial charge >= 0.3 is 16.1 Å². The smallest absolute Gasteiger partial charge is 0.349 e. The molecule has 1 heterocycles. The molecule has 4 N–H and O–H groups in total. The van der Waals surface area contributed by atoms with E-state index in [0.717, 1.165) is 12.1 Å². The van der Waals surface area contributed by atoms with Crippen LogP contribution in [0.15, 0.2) is 119 Å². The summed E-state index contributed by atoms with van der Waals surface area (Å²) in [6.07, 6.45) is -1.52. The van der Waals surface area contributed by atoms with Crippen molar-refractivity contribution in [3.05, 3.63) is 126 Å². The molecule has 3 amide bonds. The lowest BCUT2D eigenvalue weighted by Crippen LogP contribution is -2.49. The van der Waals surface area contributed by atoms with Crippen molar-refractivity contribution in [1.29, 1.82) is 0 Å². The minimum atomic E-state index is -4.57. The molecule has 204 valence electrons. The van der Waals surface area contributed by atoms with Crippen molar-refractivity contribution >= 4 is 39.1 Å². The van der Waals surface area contributed by atoms with Crippen LogP contribution in [0.5, 0.6) is 0 Å². The molecule has 0 bridgehead atoms. The number of halogens is 1. The van der Waals surface area contributed by atoms with Gasteiger partial charge in [0.25, 0.3) is 5.91 Å². The van der Waals surface area contributed by atoms with E-state index in [9.17, 15) is 22.4 Å². The number of fused-ring (bicyclic) bond motifs is 1. The Balaban J connectivity index is 0.00000370. The van der Waals surface area contributed by atoms with E-state index in [1.54, 1.807) is 54.6 Å². The molecule has 4 aromatic rings. The number of benzene rings is 4. The zero-order valence-corrected chi connectivity index (χ0v) is 21.5. The Morgan fingerprint density at radius 1 is 0.875 bits per heavy atom. The van der Waals surface area contributed by atoms with Crippen molar-refractivity contribution in [2.45, 2.75) is 11.1 Å². The van der Waals surface area contributed by atoms with Crippen molar-refractivity contribution < 1.29 is 32.2 Å². The van der Waals surface area contributed by atoms with Gasteiger partial charge < -0.3 is 16.1 Å². The highest BCUT2D eigenvalue weighted by molar-refractivity contribution is 7.86. The van der Waals surface area contributed by atoms with Crippen LogP contribution >= 0.6 is 0 Å². The average Bonchev–Trinajstić information content (AvgIpc) is 3.09. The number of para-hydroxylation sites is 2. The molecule has 10 nitrogen and oxygen atoms in total. The van der Waals surface area contributed by atoms with E-state index in [4.69, 9.17) is 4.28 Å². The van der Waals surface area contributed by atoms with Gasteiger partial charge in [0.2, 0.25) is 6.17 Å². The SMILES string of the molecule is O.O=C1Nc2ccccc2C(c2ccccc2)=NC1NC(=O)N(OS(=O)(=O)c1ccccc1)c1ccccc1F. The highest BCUT2D eigenvalue weighted by Crippen LogP contribution is 2.26. The molecular weight excluding hydrogens is 539 g/mol. The van der Waals surface area contributed by atoms with Crippen molar-refractivity contribution in [3.63, 3.8) is 0 Å². The van der Waals surface area contributed by atoms with E-state index in [2.05, 4.69) is 15.6 Å². The van der Waals surface area contributed by atoms with Crippen LogP contribution in [0.4, 0.5) is 20.6 Å². The Kier molecular flexibility index (Phi) is 8.34. The first kappa shape index (κ1) is 28.1. The summed E-state index contributed by atoms with van der Waals surface area (Å²) in [6.45, 7) is 0. The van der Waals surface area contributed by atoms with Crippen molar-refractivity contribution in [1.82, 2.24) is 5.32 Å². The van der Waals surface area contributed by atoms with Crippen LogP contribution in [0.2, 0.25) is 0 Å². The summed E-state index contributed by atoms with van der Waals surface area (Å²) in [4.78, 5) is 30.8. The maximum absolute atomic E-state index is 14.8. The second-order valence-corrected chi connectivity index (χ2v) is 9.85. The Morgan fingerprint density at radius 2 is 1.48 bits per heavy atom. The number of rotatable bonds is 6. The molecule has 12 heteroatoms. The van der Waals surface area contributed by atoms with Crippen molar-refractivity contribution in [2.24, 2.45) is 4.99 Å². The van der Waals surface area contributed by atoms with Crippen LogP contribution in [0.1, 0.15) is 11.1 Å². The van der Waals surface area contributed by atoms with Crippen LogP contribution < -0.4 is 15.7 Å². The molecule has 4 aromatic carbocycles. The second-order valence-electron chi connectivity index (χ2n) is 8.32. The number of urea groups is 1. The molecular formula is C28H23FN4O6S. The summed E-state index contributed by atoms with van der Waals surface area (Å²) in [7, 11) is -4.57. The van der Waals surface area contributed by atoms with Gasteiger partial charge in [0.15, 0.2) is 0 Å². The number of nitrogens with zero attached hydrogens (tertiary/aromatic N) is 2. The maximum Gasteiger partial charge on any atom is 0.349 e. The summed E-state index contributed by atoms with van der Waals surface area (Å²) < 4.78 is 45.8. The van der Waals surface area contributed by atoms with Crippen molar-refractivity contribution in [2.75, 3.05) is 10.4 Å². The molecule has 0 saturated carbocycles. The zero-order chi connectivity index (χ0) is 27.4. The van der Waals surface area contributed by atoms with Crippen LogP contribution in [0.3, 0.4) is 0 Å². The maximum atomic E-state index is 14.8. The highest BCUT2D eigenvalue weighted by Gasteiger charge is 2.33. The number of aliphatic imine (C=N–C) groups is 1. The molecule has 5 rings (SSSR count). The number of benzodiazepines with no additional fused rings is 1. The van der Waals surface area contributed by atoms with E-state index in [0.29, 0.717) is 22.5 Å². The van der Waals surface area contributed by atoms with Gasteiger partial charge in [0.1, 0.15) is 11.5 Å². The lowest BCUT2D eigenvalue weighted by Gasteiger charge is -2.23. The molecule has 40 heavy (non-hydrogen) atoms. The van der Waals surface area contributed by atoms with Crippen molar-refractivity contribution in [3.8, 4) is 0 Å². The molecule has 0 aliphatic carbocycles. The van der Waals surface area contributed by atoms with Crippen LogP contribution in [0.25, 0.3) is 0 Å². The second kappa shape index (κ2) is 11.9.